The van der Waals surface area contributed by atoms with E-state index >= 15 is 0 Å². The van der Waals surface area contributed by atoms with Crippen LogP contribution in [-0.2, 0) is 9.47 Å². The number of benzene rings is 1. The van der Waals surface area contributed by atoms with Crippen LogP contribution in [0.2, 0.25) is 0 Å². The number of ether oxygens (including phenoxy) is 2. The zero-order valence-corrected chi connectivity index (χ0v) is 12.5. The first kappa shape index (κ1) is 14.9. The quantitative estimate of drug-likeness (QED) is 0.459. The van der Waals surface area contributed by atoms with Crippen LogP contribution >= 0.6 is 22.6 Å². The second kappa shape index (κ2) is 7.35. The summed E-state index contributed by atoms with van der Waals surface area (Å²) in [5.74, 6) is -1.01. The van der Waals surface area contributed by atoms with Gasteiger partial charge in [0.15, 0.2) is 0 Å². The number of carbonyl (C=O) groups is 2. The van der Waals surface area contributed by atoms with E-state index in [1.165, 1.54) is 7.11 Å². The van der Waals surface area contributed by atoms with Crippen LogP contribution in [0.25, 0.3) is 0 Å². The van der Waals surface area contributed by atoms with Gasteiger partial charge in [0.05, 0.1) is 24.8 Å². The Morgan fingerprint density at radius 1 is 1.28 bits per heavy atom. The number of unbranched alkanes of at least 4 members (excludes halogenated alkanes) is 1. The van der Waals surface area contributed by atoms with Crippen LogP contribution in [0.3, 0.4) is 0 Å². The molecule has 0 aromatic heterocycles. The molecule has 0 heterocycles. The van der Waals surface area contributed by atoms with Gasteiger partial charge in [-0.15, -0.1) is 0 Å². The highest BCUT2D eigenvalue weighted by molar-refractivity contribution is 14.1. The average Bonchev–Trinajstić information content (AvgIpc) is 2.37. The lowest BCUT2D eigenvalue weighted by atomic mass is 10.1. The second-order valence-corrected chi connectivity index (χ2v) is 4.81. The number of rotatable bonds is 5. The van der Waals surface area contributed by atoms with E-state index < -0.39 is 11.9 Å². The lowest BCUT2D eigenvalue weighted by Crippen LogP contribution is -2.15. The molecule has 0 aliphatic rings. The smallest absolute Gasteiger partial charge is 0.339 e. The Hall–Kier alpha value is -1.11. The van der Waals surface area contributed by atoms with Crippen LogP contribution in [0, 0.1) is 3.57 Å². The van der Waals surface area contributed by atoms with Crippen molar-refractivity contribution in [2.45, 2.75) is 19.8 Å². The Kier molecular flexibility index (Phi) is 6.11. The molecule has 1 aromatic rings. The number of methoxy groups -OCH3 is 1. The van der Waals surface area contributed by atoms with Crippen molar-refractivity contribution in [3.05, 3.63) is 32.9 Å². The minimum Gasteiger partial charge on any atom is -0.465 e. The first-order chi connectivity index (χ1) is 8.61. The van der Waals surface area contributed by atoms with Crippen molar-refractivity contribution in [2.75, 3.05) is 13.7 Å². The monoisotopic (exact) mass is 362 g/mol. The molecule has 5 heteroatoms. The predicted octanol–water partition coefficient (Wildman–Crippen LogP) is 3.03. The summed E-state index contributed by atoms with van der Waals surface area (Å²) >= 11 is 1.99. The summed E-state index contributed by atoms with van der Waals surface area (Å²) in [5, 5.41) is 0. The van der Waals surface area contributed by atoms with Crippen LogP contribution in [0.15, 0.2) is 18.2 Å². The number of hydrogen-bond acceptors (Lipinski definition) is 4. The highest BCUT2D eigenvalue weighted by Gasteiger charge is 2.21. The number of halogens is 1. The van der Waals surface area contributed by atoms with E-state index in [1.54, 1.807) is 18.2 Å². The minimum absolute atomic E-state index is 0.254. The van der Waals surface area contributed by atoms with Gasteiger partial charge in [0.2, 0.25) is 0 Å². The molecule has 0 N–H and O–H groups in total. The van der Waals surface area contributed by atoms with Gasteiger partial charge in [-0.25, -0.2) is 9.59 Å². The Balaban J connectivity index is 2.97. The first-order valence-corrected chi connectivity index (χ1v) is 6.73. The molecule has 98 valence electrons. The van der Waals surface area contributed by atoms with Gasteiger partial charge in [0, 0.05) is 3.57 Å². The zero-order valence-electron chi connectivity index (χ0n) is 10.4. The molecule has 0 aliphatic carbocycles. The normalized spacial score (nSPS) is 9.94. The van der Waals surface area contributed by atoms with E-state index in [9.17, 15) is 9.59 Å². The number of esters is 2. The summed E-state index contributed by atoms with van der Waals surface area (Å²) < 4.78 is 10.5. The third-order valence-corrected chi connectivity index (χ3v) is 3.25. The minimum atomic E-state index is -0.526. The average molecular weight is 362 g/mol. The molecule has 0 aliphatic heterocycles. The third kappa shape index (κ3) is 3.69. The summed E-state index contributed by atoms with van der Waals surface area (Å²) in [5.41, 5.74) is 0.520. The topological polar surface area (TPSA) is 52.6 Å². The van der Waals surface area contributed by atoms with Crippen molar-refractivity contribution < 1.29 is 19.1 Å². The molecule has 0 bridgehead atoms. The summed E-state index contributed by atoms with van der Waals surface area (Å²) in [6.45, 7) is 2.38. The standard InChI is InChI=1S/C13H15IO4/c1-3-4-8-18-12(15)9-6-5-7-10(14)11(9)13(16)17-2/h5-7H,3-4,8H2,1-2H3. The van der Waals surface area contributed by atoms with Gasteiger partial charge in [0.1, 0.15) is 0 Å². The summed E-state index contributed by atoms with van der Waals surface area (Å²) in [4.78, 5) is 23.5. The largest absolute Gasteiger partial charge is 0.465 e. The lowest BCUT2D eigenvalue weighted by Gasteiger charge is -2.09. The van der Waals surface area contributed by atoms with Crippen molar-refractivity contribution >= 4 is 34.5 Å². The number of hydrogen-bond donors (Lipinski definition) is 0. The Bertz CT molecular complexity index is 443. The van der Waals surface area contributed by atoms with E-state index in [-0.39, 0.29) is 11.1 Å². The predicted molar refractivity (Wildman–Crippen MR) is 75.7 cm³/mol. The Morgan fingerprint density at radius 3 is 2.61 bits per heavy atom. The van der Waals surface area contributed by atoms with E-state index in [0.717, 1.165) is 12.8 Å². The molecule has 1 rings (SSSR count). The summed E-state index contributed by atoms with van der Waals surface area (Å²) in [7, 11) is 1.29. The summed E-state index contributed by atoms with van der Waals surface area (Å²) in [6, 6.07) is 5.03. The van der Waals surface area contributed by atoms with Gasteiger partial charge in [-0.2, -0.15) is 0 Å². The Morgan fingerprint density at radius 2 is 2.00 bits per heavy atom. The molecule has 0 saturated heterocycles. The third-order valence-electron chi connectivity index (χ3n) is 2.35. The van der Waals surface area contributed by atoms with Crippen LogP contribution in [-0.4, -0.2) is 25.7 Å². The first-order valence-electron chi connectivity index (χ1n) is 5.65. The van der Waals surface area contributed by atoms with E-state index in [2.05, 4.69) is 4.74 Å². The maximum atomic E-state index is 11.9. The molecule has 0 saturated carbocycles. The van der Waals surface area contributed by atoms with Gasteiger partial charge in [-0.1, -0.05) is 19.4 Å². The number of carbonyl (C=O) groups excluding carboxylic acids is 2. The second-order valence-electron chi connectivity index (χ2n) is 3.64. The summed E-state index contributed by atoms with van der Waals surface area (Å²) in [6.07, 6.45) is 1.76. The maximum Gasteiger partial charge on any atom is 0.339 e. The van der Waals surface area contributed by atoms with E-state index in [4.69, 9.17) is 4.74 Å². The van der Waals surface area contributed by atoms with Crippen molar-refractivity contribution in [2.24, 2.45) is 0 Å². The van der Waals surface area contributed by atoms with Crippen LogP contribution < -0.4 is 0 Å². The molecule has 4 nitrogen and oxygen atoms in total. The molecular weight excluding hydrogens is 347 g/mol. The van der Waals surface area contributed by atoms with Crippen LogP contribution in [0.4, 0.5) is 0 Å². The van der Waals surface area contributed by atoms with E-state index in [1.807, 2.05) is 29.5 Å². The molecule has 0 atom stereocenters. The van der Waals surface area contributed by atoms with E-state index in [0.29, 0.717) is 10.2 Å². The fourth-order valence-electron chi connectivity index (χ4n) is 1.39. The molecular formula is C13H15IO4. The van der Waals surface area contributed by atoms with Gasteiger partial charge in [-0.3, -0.25) is 0 Å². The van der Waals surface area contributed by atoms with Crippen molar-refractivity contribution in [1.82, 2.24) is 0 Å². The SMILES string of the molecule is CCCCOC(=O)c1cccc(I)c1C(=O)OC. The van der Waals surface area contributed by atoms with Gasteiger partial charge >= 0.3 is 11.9 Å². The fraction of sp³-hybridized carbons (Fsp3) is 0.385. The van der Waals surface area contributed by atoms with Gasteiger partial charge in [-0.05, 0) is 41.1 Å². The molecule has 18 heavy (non-hydrogen) atoms. The highest BCUT2D eigenvalue weighted by Crippen LogP contribution is 2.19. The Labute approximate surface area is 120 Å². The zero-order chi connectivity index (χ0) is 13.5. The molecule has 0 spiro atoms. The van der Waals surface area contributed by atoms with Gasteiger partial charge < -0.3 is 9.47 Å². The molecule has 0 fully saturated rings. The van der Waals surface area contributed by atoms with Crippen molar-refractivity contribution in [1.29, 1.82) is 0 Å². The maximum absolute atomic E-state index is 11.9. The van der Waals surface area contributed by atoms with Crippen LogP contribution in [0.1, 0.15) is 40.5 Å². The molecule has 0 unspecified atom stereocenters. The lowest BCUT2D eigenvalue weighted by molar-refractivity contribution is 0.0481. The highest BCUT2D eigenvalue weighted by atomic mass is 127. The molecule has 0 radical (unpaired) electrons. The fourth-order valence-corrected chi connectivity index (χ4v) is 2.11. The molecule has 0 amide bonds. The van der Waals surface area contributed by atoms with Gasteiger partial charge in [0.25, 0.3) is 0 Å². The molecule has 1 aromatic carbocycles. The van der Waals surface area contributed by atoms with Crippen molar-refractivity contribution in [3.8, 4) is 0 Å². The van der Waals surface area contributed by atoms with Crippen LogP contribution in [0.5, 0.6) is 0 Å². The van der Waals surface area contributed by atoms with Crippen molar-refractivity contribution in [3.63, 3.8) is 0 Å².